The Morgan fingerprint density at radius 2 is 1.83 bits per heavy atom. The second kappa shape index (κ2) is 12.2. The van der Waals surface area contributed by atoms with Crippen molar-refractivity contribution < 1.29 is 58.1 Å². The fraction of sp³-hybridized carbons (Fsp3) is 0.595. The predicted octanol–water partition coefficient (Wildman–Crippen LogP) is 1.11. The van der Waals surface area contributed by atoms with Gasteiger partial charge in [0.1, 0.15) is 29.0 Å². The Labute approximate surface area is 299 Å². The SMILES string of the molecule is COc1cccc2c1C(=O)c1c(O)c3c(c(O)c1C2=O)C[C@@](O)(C(=O)N1CCNC2(CC2)C1)C[C@@H]3O[C@H]1C[C@H]2[C@H](O[C@@H]3[C@@H](OC)OCCN32)[C@H](C)O1. The molecule has 0 unspecified atom stereocenters. The molecule has 4 heterocycles. The number of fused-ring (bicyclic) bond motifs is 6. The Morgan fingerprint density at radius 3 is 2.58 bits per heavy atom. The maximum Gasteiger partial charge on any atom is 0.255 e. The molecule has 7 aliphatic rings. The first-order chi connectivity index (χ1) is 25.0. The molecule has 5 fully saturated rings. The fourth-order valence-electron chi connectivity index (χ4n) is 9.40. The molecule has 15 heteroatoms. The molecule has 0 aromatic heterocycles. The van der Waals surface area contributed by atoms with Crippen molar-refractivity contribution in [3.63, 3.8) is 0 Å². The average molecular weight is 722 g/mol. The van der Waals surface area contributed by atoms with Gasteiger partial charge < -0.3 is 54.0 Å². The largest absolute Gasteiger partial charge is 0.507 e. The number of hydrogen-bond donors (Lipinski definition) is 4. The van der Waals surface area contributed by atoms with Gasteiger partial charge in [0.05, 0.1) is 42.6 Å². The van der Waals surface area contributed by atoms with Gasteiger partial charge in [-0.3, -0.25) is 19.3 Å². The maximum absolute atomic E-state index is 14.3. The minimum Gasteiger partial charge on any atom is -0.507 e. The van der Waals surface area contributed by atoms with Crippen LogP contribution in [-0.2, 0) is 34.9 Å². The lowest BCUT2D eigenvalue weighted by Crippen LogP contribution is -2.61. The number of nitrogens with one attached hydrogen (secondary N) is 1. The summed E-state index contributed by atoms with van der Waals surface area (Å²) >= 11 is 0. The van der Waals surface area contributed by atoms with Crippen LogP contribution in [0.5, 0.6) is 17.2 Å². The van der Waals surface area contributed by atoms with E-state index in [1.807, 2.05) is 6.92 Å². The van der Waals surface area contributed by atoms with E-state index in [4.69, 9.17) is 28.4 Å². The van der Waals surface area contributed by atoms with Crippen molar-refractivity contribution in [1.82, 2.24) is 15.1 Å². The summed E-state index contributed by atoms with van der Waals surface area (Å²) < 4.78 is 36.1. The van der Waals surface area contributed by atoms with E-state index >= 15 is 0 Å². The highest BCUT2D eigenvalue weighted by Crippen LogP contribution is 2.53. The van der Waals surface area contributed by atoms with Gasteiger partial charge in [-0.2, -0.15) is 0 Å². The lowest BCUT2D eigenvalue weighted by atomic mass is 9.72. The third-order valence-electron chi connectivity index (χ3n) is 12.1. The summed E-state index contributed by atoms with van der Waals surface area (Å²) in [4.78, 5) is 46.3. The van der Waals surface area contributed by atoms with Crippen LogP contribution >= 0.6 is 0 Å². The molecule has 52 heavy (non-hydrogen) atoms. The van der Waals surface area contributed by atoms with Gasteiger partial charge in [-0.15, -0.1) is 0 Å². The fourth-order valence-corrected chi connectivity index (χ4v) is 9.40. The van der Waals surface area contributed by atoms with Crippen LogP contribution in [0.3, 0.4) is 0 Å². The molecule has 278 valence electrons. The highest BCUT2D eigenvalue weighted by molar-refractivity contribution is 6.31. The smallest absolute Gasteiger partial charge is 0.255 e. The summed E-state index contributed by atoms with van der Waals surface area (Å²) in [7, 11) is 2.94. The molecule has 4 N–H and O–H groups in total. The number of rotatable bonds is 5. The first-order valence-electron chi connectivity index (χ1n) is 18.0. The molecular formula is C37H43N3O12. The molecule has 1 amide bonds. The molecule has 0 radical (unpaired) electrons. The van der Waals surface area contributed by atoms with Crippen LogP contribution in [0.25, 0.3) is 0 Å². The van der Waals surface area contributed by atoms with Crippen LogP contribution in [0.4, 0.5) is 0 Å². The number of ether oxygens (including phenoxy) is 6. The third-order valence-corrected chi connectivity index (χ3v) is 12.1. The molecule has 0 bridgehead atoms. The van der Waals surface area contributed by atoms with Crippen LogP contribution in [-0.4, -0.2) is 138 Å². The molecule has 2 aromatic carbocycles. The number of nitrogens with zero attached hydrogens (tertiary/aromatic N) is 2. The molecule has 1 saturated carbocycles. The molecule has 1 spiro atoms. The van der Waals surface area contributed by atoms with E-state index in [1.165, 1.54) is 13.2 Å². The first-order valence-corrected chi connectivity index (χ1v) is 18.0. The Morgan fingerprint density at radius 1 is 1.04 bits per heavy atom. The van der Waals surface area contributed by atoms with E-state index in [0.717, 1.165) is 12.8 Å². The lowest BCUT2D eigenvalue weighted by Gasteiger charge is -2.45. The molecule has 9 rings (SSSR count). The van der Waals surface area contributed by atoms with E-state index < -0.39 is 77.6 Å². The second-order valence-corrected chi connectivity index (χ2v) is 15.1. The normalized spacial score (nSPS) is 34.6. The van der Waals surface area contributed by atoms with Gasteiger partial charge >= 0.3 is 0 Å². The van der Waals surface area contributed by atoms with Crippen molar-refractivity contribution >= 4 is 17.5 Å². The van der Waals surface area contributed by atoms with Crippen LogP contribution in [0.1, 0.15) is 81.7 Å². The number of hydrogen-bond acceptors (Lipinski definition) is 14. The van der Waals surface area contributed by atoms with E-state index in [2.05, 4.69) is 10.2 Å². The van der Waals surface area contributed by atoms with Crippen molar-refractivity contribution in [3.05, 3.63) is 51.6 Å². The number of aliphatic hydroxyl groups is 1. The molecule has 3 aliphatic carbocycles. The van der Waals surface area contributed by atoms with Crippen molar-refractivity contribution in [1.29, 1.82) is 0 Å². The highest BCUT2D eigenvalue weighted by Gasteiger charge is 2.56. The quantitative estimate of drug-likeness (QED) is 0.275. The Hall–Kier alpha value is -3.67. The number of phenolic OH excluding ortho intramolecular Hbond substituents is 2. The van der Waals surface area contributed by atoms with Gasteiger partial charge in [0.2, 0.25) is 5.78 Å². The Balaban J connectivity index is 1.11. The third kappa shape index (κ3) is 5.05. The first kappa shape index (κ1) is 34.1. The standard InChI is InChI=1S/C37H43N3O12/c1-17-32-20(40-11-12-49-34(48-3)33(40)52-32)13-23(50-17)51-22-15-37(46,35(45)39-10-9-38-36(16-39)7-8-36)14-19-25(22)31(44)27-26(29(19)42)28(41)18-5-4-6-21(47-2)24(18)30(27)43/h4-6,17,20,22-23,32-34,38,42,44,46H,7-16H2,1-3H3/t17-,20-,22-,23-,32+,33+,34-,37-/m0/s1. The zero-order valence-corrected chi connectivity index (χ0v) is 29.3. The highest BCUT2D eigenvalue weighted by atomic mass is 16.7. The molecule has 15 nitrogen and oxygen atoms in total. The number of piperazine rings is 1. The molecule has 4 aliphatic heterocycles. The Kier molecular flexibility index (Phi) is 7.99. The van der Waals surface area contributed by atoms with Crippen molar-refractivity contribution in [2.75, 3.05) is 47.0 Å². The summed E-state index contributed by atoms with van der Waals surface area (Å²) in [5.41, 5.74) is -3.05. The number of morpholine rings is 1. The minimum atomic E-state index is -2.08. The summed E-state index contributed by atoms with van der Waals surface area (Å²) in [6.07, 6.45) is -2.43. The van der Waals surface area contributed by atoms with Gasteiger partial charge in [0.25, 0.3) is 5.91 Å². The average Bonchev–Trinajstić information content (AvgIpc) is 3.77. The Bertz CT molecular complexity index is 1870. The topological polar surface area (TPSA) is 186 Å². The van der Waals surface area contributed by atoms with Crippen LogP contribution in [0, 0.1) is 0 Å². The minimum absolute atomic E-state index is 0.00653. The summed E-state index contributed by atoms with van der Waals surface area (Å²) in [6, 6.07) is 4.41. The number of methoxy groups -OCH3 is 2. The van der Waals surface area contributed by atoms with Crippen molar-refractivity contribution in [2.24, 2.45) is 0 Å². The van der Waals surface area contributed by atoms with Gasteiger partial charge in [-0.25, -0.2) is 0 Å². The van der Waals surface area contributed by atoms with Crippen LogP contribution < -0.4 is 10.1 Å². The predicted molar refractivity (Wildman–Crippen MR) is 178 cm³/mol. The van der Waals surface area contributed by atoms with Gasteiger partial charge in [0, 0.05) is 80.8 Å². The number of carbonyl (C=O) groups excluding carboxylic acids is 3. The zero-order chi connectivity index (χ0) is 36.3. The lowest BCUT2D eigenvalue weighted by molar-refractivity contribution is -0.256. The number of ketones is 2. The van der Waals surface area contributed by atoms with E-state index in [-0.39, 0.29) is 57.7 Å². The van der Waals surface area contributed by atoms with Crippen molar-refractivity contribution in [2.45, 2.75) is 93.3 Å². The summed E-state index contributed by atoms with van der Waals surface area (Å²) in [5, 5.41) is 39.8. The number of benzene rings is 2. The number of phenols is 2. The van der Waals surface area contributed by atoms with Gasteiger partial charge in [-0.1, -0.05) is 12.1 Å². The zero-order valence-electron chi connectivity index (χ0n) is 29.3. The number of aromatic hydroxyl groups is 2. The monoisotopic (exact) mass is 721 g/mol. The van der Waals surface area contributed by atoms with E-state index in [1.54, 1.807) is 24.1 Å². The molecule has 8 atom stereocenters. The number of amides is 1. The van der Waals surface area contributed by atoms with Crippen molar-refractivity contribution in [3.8, 4) is 17.2 Å². The van der Waals surface area contributed by atoms with Crippen LogP contribution in [0.15, 0.2) is 18.2 Å². The number of carbonyl (C=O) groups is 3. The molecule has 2 aromatic rings. The van der Waals surface area contributed by atoms with Gasteiger partial charge in [0.15, 0.2) is 24.6 Å². The van der Waals surface area contributed by atoms with E-state index in [9.17, 15) is 29.7 Å². The molecule has 4 saturated heterocycles. The maximum atomic E-state index is 14.3. The van der Waals surface area contributed by atoms with Gasteiger partial charge in [-0.05, 0) is 25.8 Å². The second-order valence-electron chi connectivity index (χ2n) is 15.1. The molecular weight excluding hydrogens is 678 g/mol. The summed E-state index contributed by atoms with van der Waals surface area (Å²) in [5.74, 6) is -2.93. The van der Waals surface area contributed by atoms with E-state index in [0.29, 0.717) is 39.2 Å². The van der Waals surface area contributed by atoms with Crippen LogP contribution in [0.2, 0.25) is 0 Å². The summed E-state index contributed by atoms with van der Waals surface area (Å²) in [6.45, 7) is 4.29.